The van der Waals surface area contributed by atoms with Crippen LogP contribution in [0, 0.1) is 5.82 Å². The number of aromatic nitrogens is 6. The zero-order valence-electron chi connectivity index (χ0n) is 17.7. The quantitative estimate of drug-likeness (QED) is 0.242. The van der Waals surface area contributed by atoms with Crippen LogP contribution in [0.2, 0.25) is 0 Å². The molecule has 2 aromatic carbocycles. The van der Waals surface area contributed by atoms with Crippen molar-refractivity contribution in [3.63, 3.8) is 0 Å². The monoisotopic (exact) mass is 568 g/mol. The summed E-state index contributed by atoms with van der Waals surface area (Å²) in [5, 5.41) is 0. The Labute approximate surface area is 205 Å². The van der Waals surface area contributed by atoms with Gasteiger partial charge in [0.15, 0.2) is 15.9 Å². The first-order chi connectivity index (χ1) is 16.5. The van der Waals surface area contributed by atoms with E-state index in [4.69, 9.17) is 0 Å². The molecular weight excluding hydrogens is 556 g/mol. The smallest absolute Gasteiger partial charge is 0.308 e. The highest BCUT2D eigenvalue weighted by atomic mass is 79.9. The van der Waals surface area contributed by atoms with Crippen molar-refractivity contribution in [3.05, 3.63) is 84.5 Å². The number of benzene rings is 2. The van der Waals surface area contributed by atoms with E-state index in [0.717, 1.165) is 33.0 Å². The zero-order valence-corrected chi connectivity index (χ0v) is 20.1. The topological polar surface area (TPSA) is 87.6 Å². The molecule has 8 nitrogen and oxygen atoms in total. The molecule has 0 spiro atoms. The van der Waals surface area contributed by atoms with Crippen LogP contribution in [0.1, 0.15) is 16.7 Å². The lowest BCUT2D eigenvalue weighted by Crippen LogP contribution is -2.40. The maximum Gasteiger partial charge on any atom is 0.416 e. The second kappa shape index (κ2) is 8.37. The average molecular weight is 569 g/mol. The summed E-state index contributed by atoms with van der Waals surface area (Å²) in [6.07, 6.45) is -4.81. The fraction of sp³-hybridized carbons (Fsp3) is 0.190. The molecule has 0 atom stereocenters. The Morgan fingerprint density at radius 1 is 1.00 bits per heavy atom. The van der Waals surface area contributed by atoms with Crippen LogP contribution >= 0.6 is 27.7 Å². The minimum atomic E-state index is -4.81. The Balaban J connectivity index is 1.67. The highest BCUT2D eigenvalue weighted by molar-refractivity contribution is 9.10. The molecule has 14 heteroatoms. The fourth-order valence-corrected chi connectivity index (χ4v) is 4.85. The molecular formula is C21H13BrF4N6O2S. The van der Waals surface area contributed by atoms with Crippen molar-refractivity contribution in [1.29, 1.82) is 0 Å². The molecule has 0 aliphatic carbocycles. The number of halogens is 5. The van der Waals surface area contributed by atoms with E-state index in [0.29, 0.717) is 22.7 Å². The summed E-state index contributed by atoms with van der Waals surface area (Å²) < 4.78 is 65.8. The molecule has 0 saturated heterocycles. The van der Waals surface area contributed by atoms with E-state index in [1.807, 2.05) is 0 Å². The first-order valence-electron chi connectivity index (χ1n) is 9.97. The number of hydrogen-bond acceptors (Lipinski definition) is 6. The Morgan fingerprint density at radius 3 is 2.49 bits per heavy atom. The summed E-state index contributed by atoms with van der Waals surface area (Å²) in [5.74, 6) is -1.03. The summed E-state index contributed by atoms with van der Waals surface area (Å²) in [5.41, 5.74) is -0.972. The molecule has 5 aromatic rings. The van der Waals surface area contributed by atoms with Gasteiger partial charge in [0.25, 0.3) is 5.56 Å². The summed E-state index contributed by atoms with van der Waals surface area (Å²) in [7, 11) is 1.41. The molecule has 3 aromatic heterocycles. The molecule has 35 heavy (non-hydrogen) atoms. The summed E-state index contributed by atoms with van der Waals surface area (Å²) in [4.78, 5) is 30.6. The lowest BCUT2D eigenvalue weighted by Gasteiger charge is -2.15. The zero-order chi connectivity index (χ0) is 25.1. The molecule has 3 heterocycles. The van der Waals surface area contributed by atoms with E-state index in [-0.39, 0.29) is 28.0 Å². The second-order valence-electron chi connectivity index (χ2n) is 7.76. The molecule has 0 amide bonds. The van der Waals surface area contributed by atoms with Crippen LogP contribution in [-0.2, 0) is 26.3 Å². The Kier molecular flexibility index (Phi) is 5.59. The standard InChI is InChI=1S/C21H13BrF4N6O2S/c1-30-17-16(18(33)32(20(30)34)8-10-2-5-14-15(6-10)29-35-28-14)31(19(22)27-17)9-11-3-4-12(23)7-13(11)21(24,25)26/h2-7H,8-9H2,1H3. The van der Waals surface area contributed by atoms with E-state index in [1.54, 1.807) is 18.2 Å². The normalized spacial score (nSPS) is 12.2. The van der Waals surface area contributed by atoms with Crippen molar-refractivity contribution in [2.45, 2.75) is 19.3 Å². The number of imidazole rings is 1. The Hall–Kier alpha value is -3.39. The van der Waals surface area contributed by atoms with E-state index < -0.39 is 35.4 Å². The highest BCUT2D eigenvalue weighted by Crippen LogP contribution is 2.33. The van der Waals surface area contributed by atoms with Crippen LogP contribution in [0.15, 0.2) is 50.7 Å². The maximum atomic E-state index is 13.6. The third kappa shape index (κ3) is 4.05. The van der Waals surface area contributed by atoms with E-state index in [2.05, 4.69) is 29.7 Å². The third-order valence-electron chi connectivity index (χ3n) is 5.55. The van der Waals surface area contributed by atoms with Crippen LogP contribution in [0.25, 0.3) is 22.2 Å². The third-order valence-corrected chi connectivity index (χ3v) is 6.71. The van der Waals surface area contributed by atoms with Gasteiger partial charge < -0.3 is 4.57 Å². The lowest BCUT2D eigenvalue weighted by molar-refractivity contribution is -0.138. The average Bonchev–Trinajstić information content (AvgIpc) is 3.40. The molecule has 0 bridgehead atoms. The molecule has 0 unspecified atom stereocenters. The first-order valence-corrected chi connectivity index (χ1v) is 11.5. The van der Waals surface area contributed by atoms with Gasteiger partial charge in [-0.25, -0.2) is 14.2 Å². The SMILES string of the molecule is Cn1c(=O)n(Cc2ccc3nsnc3c2)c(=O)c2c1nc(Br)n2Cc1ccc(F)cc1C(F)(F)F. The molecule has 0 fully saturated rings. The van der Waals surface area contributed by atoms with Crippen molar-refractivity contribution < 1.29 is 17.6 Å². The second-order valence-corrected chi connectivity index (χ2v) is 9.00. The molecule has 5 rings (SSSR count). The minimum Gasteiger partial charge on any atom is -0.308 e. The first kappa shape index (κ1) is 23.4. The van der Waals surface area contributed by atoms with E-state index in [1.165, 1.54) is 11.6 Å². The molecule has 0 saturated carbocycles. The van der Waals surface area contributed by atoms with E-state index >= 15 is 0 Å². The number of aryl methyl sites for hydroxylation is 1. The predicted molar refractivity (Wildman–Crippen MR) is 124 cm³/mol. The van der Waals surface area contributed by atoms with Crippen LogP contribution < -0.4 is 11.2 Å². The number of alkyl halides is 3. The summed E-state index contributed by atoms with van der Waals surface area (Å²) in [6.45, 7) is -0.530. The van der Waals surface area contributed by atoms with Crippen molar-refractivity contribution in [2.75, 3.05) is 0 Å². The Bertz CT molecular complexity index is 1740. The van der Waals surface area contributed by atoms with Crippen molar-refractivity contribution >= 4 is 49.9 Å². The van der Waals surface area contributed by atoms with Gasteiger partial charge in [-0.3, -0.25) is 13.9 Å². The largest absolute Gasteiger partial charge is 0.416 e. The number of rotatable bonds is 4. The van der Waals surface area contributed by atoms with Gasteiger partial charge in [-0.2, -0.15) is 21.9 Å². The van der Waals surface area contributed by atoms with Crippen LogP contribution in [0.4, 0.5) is 17.6 Å². The van der Waals surface area contributed by atoms with Gasteiger partial charge in [-0.1, -0.05) is 12.1 Å². The predicted octanol–water partition coefficient (Wildman–Crippen LogP) is 3.92. The number of hydrogen-bond donors (Lipinski definition) is 0. The number of fused-ring (bicyclic) bond motifs is 2. The van der Waals surface area contributed by atoms with Crippen LogP contribution in [0.3, 0.4) is 0 Å². The van der Waals surface area contributed by atoms with Gasteiger partial charge in [0.1, 0.15) is 16.9 Å². The fourth-order valence-electron chi connectivity index (χ4n) is 3.86. The molecule has 0 aliphatic heterocycles. The van der Waals surface area contributed by atoms with Crippen LogP contribution in [0.5, 0.6) is 0 Å². The summed E-state index contributed by atoms with van der Waals surface area (Å²) in [6, 6.07) is 7.46. The van der Waals surface area contributed by atoms with Gasteiger partial charge in [0.05, 0.1) is 30.4 Å². The van der Waals surface area contributed by atoms with Gasteiger partial charge >= 0.3 is 11.9 Å². The van der Waals surface area contributed by atoms with Crippen molar-refractivity contribution in [2.24, 2.45) is 7.05 Å². The van der Waals surface area contributed by atoms with Gasteiger partial charge in [-0.15, -0.1) is 0 Å². The van der Waals surface area contributed by atoms with Gasteiger partial charge in [0, 0.05) is 7.05 Å². The van der Waals surface area contributed by atoms with Gasteiger partial charge in [-0.05, 0) is 51.3 Å². The van der Waals surface area contributed by atoms with Gasteiger partial charge in [0.2, 0.25) is 0 Å². The van der Waals surface area contributed by atoms with E-state index in [9.17, 15) is 27.2 Å². The highest BCUT2D eigenvalue weighted by Gasteiger charge is 2.34. The van der Waals surface area contributed by atoms with Crippen molar-refractivity contribution in [3.8, 4) is 0 Å². The molecule has 0 radical (unpaired) electrons. The summed E-state index contributed by atoms with van der Waals surface area (Å²) >= 11 is 4.22. The number of nitrogens with zero attached hydrogens (tertiary/aromatic N) is 6. The minimum absolute atomic E-state index is 0.00190. The molecule has 180 valence electrons. The molecule has 0 aliphatic rings. The lowest BCUT2D eigenvalue weighted by atomic mass is 10.1. The van der Waals surface area contributed by atoms with Crippen molar-refractivity contribution in [1.82, 2.24) is 27.4 Å². The Morgan fingerprint density at radius 2 is 1.74 bits per heavy atom. The van der Waals surface area contributed by atoms with Crippen LogP contribution in [-0.4, -0.2) is 27.4 Å². The maximum absolute atomic E-state index is 13.6. The molecule has 0 N–H and O–H groups in total.